The number of carbonyl (C=O) groups excluding carboxylic acids is 1. The van der Waals surface area contributed by atoms with E-state index < -0.39 is 0 Å². The lowest BCUT2D eigenvalue weighted by molar-refractivity contribution is 0.0914. The smallest absolute Gasteiger partial charge is 0.346 e. The Morgan fingerprint density at radius 1 is 1.06 bits per heavy atom. The van der Waals surface area contributed by atoms with Crippen LogP contribution in [-0.4, -0.2) is 47.8 Å². The quantitative estimate of drug-likeness (QED) is 0.317. The summed E-state index contributed by atoms with van der Waals surface area (Å²) in [6, 6.07) is 11.7. The average Bonchev–Trinajstić information content (AvgIpc) is 3.51. The minimum absolute atomic E-state index is 0.0408. The Morgan fingerprint density at radius 2 is 1.82 bits per heavy atom. The molecular weight excluding hydrogens is 432 g/mol. The maximum absolute atomic E-state index is 12.4. The summed E-state index contributed by atoms with van der Waals surface area (Å²) in [4.78, 5) is 20.7. The predicted octanol–water partition coefficient (Wildman–Crippen LogP) is 6.03. The number of carbonyl (C=O) groups is 1. The molecule has 3 aromatic rings. The Kier molecular flexibility index (Phi) is 6.75. The van der Waals surface area contributed by atoms with Gasteiger partial charge in [-0.2, -0.15) is 9.22 Å². The van der Waals surface area contributed by atoms with Crippen molar-refractivity contribution >= 4 is 39.1 Å². The predicted molar refractivity (Wildman–Crippen MR) is 132 cm³/mol. The SMILES string of the molecule is [C-]#[N+]c1ccc(C(=O)CC2CCC(CCN3CCN(c4nsc5ccccc45)CC3)CC2)o1. The van der Waals surface area contributed by atoms with Crippen molar-refractivity contribution in [3.63, 3.8) is 0 Å². The normalized spacial score (nSPS) is 21.8. The Morgan fingerprint density at radius 3 is 2.58 bits per heavy atom. The second-order valence-corrected chi connectivity index (χ2v) is 10.2. The van der Waals surface area contributed by atoms with Gasteiger partial charge in [0, 0.05) is 38.0 Å². The molecule has 1 aliphatic heterocycles. The zero-order valence-corrected chi connectivity index (χ0v) is 19.7. The molecule has 1 saturated heterocycles. The highest BCUT2D eigenvalue weighted by atomic mass is 32.1. The van der Waals surface area contributed by atoms with Crippen molar-refractivity contribution in [3.05, 3.63) is 53.6 Å². The maximum Gasteiger partial charge on any atom is 0.346 e. The van der Waals surface area contributed by atoms with E-state index in [1.165, 1.54) is 35.9 Å². The molecule has 2 aliphatic rings. The minimum Gasteiger partial charge on any atom is -0.477 e. The molecule has 2 aromatic heterocycles. The Bertz CT molecular complexity index is 1130. The van der Waals surface area contributed by atoms with Crippen molar-refractivity contribution in [2.45, 2.75) is 38.5 Å². The lowest BCUT2D eigenvalue weighted by atomic mass is 9.78. The van der Waals surface area contributed by atoms with Gasteiger partial charge in [0.15, 0.2) is 11.5 Å². The number of piperazine rings is 1. The first-order chi connectivity index (χ1) is 16.2. The van der Waals surface area contributed by atoms with E-state index >= 15 is 0 Å². The number of aromatic nitrogens is 1. The van der Waals surface area contributed by atoms with E-state index in [-0.39, 0.29) is 11.7 Å². The number of ketones is 1. The van der Waals surface area contributed by atoms with Crippen molar-refractivity contribution in [1.29, 1.82) is 0 Å². The Labute approximate surface area is 199 Å². The van der Waals surface area contributed by atoms with Gasteiger partial charge in [-0.15, -0.1) is 0 Å². The van der Waals surface area contributed by atoms with Crippen molar-refractivity contribution in [2.24, 2.45) is 11.8 Å². The molecule has 1 aliphatic carbocycles. The van der Waals surface area contributed by atoms with Crippen molar-refractivity contribution in [1.82, 2.24) is 9.27 Å². The van der Waals surface area contributed by atoms with Gasteiger partial charge in [-0.05, 0) is 73.4 Å². The summed E-state index contributed by atoms with van der Waals surface area (Å²) in [5, 5.41) is 1.28. The summed E-state index contributed by atoms with van der Waals surface area (Å²) >= 11 is 1.60. The number of Topliss-reactive ketones (excluding diaryl/α,β-unsaturated/α-hetero) is 1. The standard InChI is InChI=1S/C26H30N4O2S/c1-27-25-11-10-23(32-25)22(31)18-20-8-6-19(7-9-20)12-13-29-14-16-30(17-15-29)26-21-4-2-3-5-24(21)33-28-26/h2-5,10-11,19-20H,6-9,12-18H2. The summed E-state index contributed by atoms with van der Waals surface area (Å²) in [5.74, 6) is 2.96. The van der Waals surface area contributed by atoms with Gasteiger partial charge in [-0.3, -0.25) is 9.69 Å². The number of nitrogens with zero attached hydrogens (tertiary/aromatic N) is 4. The Balaban J connectivity index is 1.02. The van der Waals surface area contributed by atoms with E-state index in [0.717, 1.165) is 50.8 Å². The van der Waals surface area contributed by atoms with Crippen LogP contribution in [0.4, 0.5) is 11.7 Å². The van der Waals surface area contributed by atoms with E-state index in [9.17, 15) is 4.79 Å². The fourth-order valence-corrected chi connectivity index (χ4v) is 6.07. The molecule has 1 aromatic carbocycles. The maximum atomic E-state index is 12.4. The summed E-state index contributed by atoms with van der Waals surface area (Å²) in [6.07, 6.45) is 6.48. The molecule has 0 radical (unpaired) electrons. The molecule has 0 amide bonds. The molecule has 7 heteroatoms. The minimum atomic E-state index is 0.0408. The van der Waals surface area contributed by atoms with Gasteiger partial charge in [-0.1, -0.05) is 25.0 Å². The first-order valence-electron chi connectivity index (χ1n) is 12.0. The lowest BCUT2D eigenvalue weighted by Crippen LogP contribution is -2.47. The third kappa shape index (κ3) is 5.13. The zero-order chi connectivity index (χ0) is 22.6. The number of rotatable bonds is 7. The summed E-state index contributed by atoms with van der Waals surface area (Å²) in [7, 11) is 0. The molecule has 0 bridgehead atoms. The Hall–Kier alpha value is -2.69. The van der Waals surface area contributed by atoms with Crippen LogP contribution in [0.25, 0.3) is 14.9 Å². The topological polar surface area (TPSA) is 53.9 Å². The van der Waals surface area contributed by atoms with Crippen LogP contribution in [0.1, 0.15) is 49.1 Å². The molecule has 0 N–H and O–H groups in total. The van der Waals surface area contributed by atoms with Gasteiger partial charge >= 0.3 is 5.88 Å². The molecule has 33 heavy (non-hydrogen) atoms. The molecule has 5 rings (SSSR count). The van der Waals surface area contributed by atoms with E-state index in [1.807, 2.05) is 0 Å². The number of anilines is 1. The van der Waals surface area contributed by atoms with Crippen LogP contribution in [0.5, 0.6) is 0 Å². The molecule has 172 valence electrons. The highest BCUT2D eigenvalue weighted by molar-refractivity contribution is 7.13. The van der Waals surface area contributed by atoms with Gasteiger partial charge in [0.2, 0.25) is 0 Å². The number of hydrogen-bond acceptors (Lipinski definition) is 6. The second kappa shape index (κ2) is 10.1. The molecule has 3 heterocycles. The molecular formula is C26H30N4O2S. The number of furan rings is 1. The molecule has 1 saturated carbocycles. The van der Waals surface area contributed by atoms with Gasteiger partial charge < -0.3 is 9.32 Å². The van der Waals surface area contributed by atoms with Crippen molar-refractivity contribution < 1.29 is 9.21 Å². The van der Waals surface area contributed by atoms with Crippen LogP contribution in [-0.2, 0) is 0 Å². The molecule has 2 fully saturated rings. The number of fused-ring (bicyclic) bond motifs is 1. The van der Waals surface area contributed by atoms with Gasteiger partial charge in [0.25, 0.3) is 0 Å². The summed E-state index contributed by atoms with van der Waals surface area (Å²) in [5.41, 5.74) is 0. The molecule has 6 nitrogen and oxygen atoms in total. The van der Waals surface area contributed by atoms with E-state index in [2.05, 4.69) is 38.9 Å². The average molecular weight is 463 g/mol. The van der Waals surface area contributed by atoms with E-state index in [0.29, 0.717) is 18.1 Å². The third-order valence-electron chi connectivity index (χ3n) is 7.30. The fraction of sp³-hybridized carbons (Fsp3) is 0.500. The first kappa shape index (κ1) is 22.1. The van der Waals surface area contributed by atoms with Gasteiger partial charge in [-0.25, -0.2) is 0 Å². The van der Waals surface area contributed by atoms with Crippen molar-refractivity contribution in [2.75, 3.05) is 37.6 Å². The van der Waals surface area contributed by atoms with Crippen LogP contribution >= 0.6 is 11.5 Å². The monoisotopic (exact) mass is 462 g/mol. The van der Waals surface area contributed by atoms with Crippen molar-refractivity contribution in [3.8, 4) is 0 Å². The second-order valence-electron chi connectivity index (χ2n) is 9.38. The van der Waals surface area contributed by atoms with E-state index in [1.54, 1.807) is 23.7 Å². The van der Waals surface area contributed by atoms with Gasteiger partial charge in [0.05, 0.1) is 11.3 Å². The van der Waals surface area contributed by atoms with Crippen LogP contribution in [0.2, 0.25) is 0 Å². The van der Waals surface area contributed by atoms with Crippen LogP contribution < -0.4 is 4.90 Å². The van der Waals surface area contributed by atoms with Crippen LogP contribution in [0, 0.1) is 18.4 Å². The molecule has 0 spiro atoms. The fourth-order valence-electron chi connectivity index (χ4n) is 5.27. The summed E-state index contributed by atoms with van der Waals surface area (Å²) in [6.45, 7) is 12.4. The largest absolute Gasteiger partial charge is 0.477 e. The molecule has 0 unspecified atom stereocenters. The molecule has 0 atom stereocenters. The van der Waals surface area contributed by atoms with Crippen LogP contribution in [0.3, 0.4) is 0 Å². The third-order valence-corrected chi connectivity index (χ3v) is 8.12. The first-order valence-corrected chi connectivity index (χ1v) is 12.8. The summed E-state index contributed by atoms with van der Waals surface area (Å²) < 4.78 is 11.3. The zero-order valence-electron chi connectivity index (χ0n) is 18.9. The lowest BCUT2D eigenvalue weighted by Gasteiger charge is -2.36. The van der Waals surface area contributed by atoms with Gasteiger partial charge in [0.1, 0.15) is 5.82 Å². The van der Waals surface area contributed by atoms with E-state index in [4.69, 9.17) is 15.4 Å². The number of benzene rings is 1. The highest BCUT2D eigenvalue weighted by Gasteiger charge is 2.26. The van der Waals surface area contributed by atoms with Crippen LogP contribution in [0.15, 0.2) is 40.8 Å². The number of hydrogen-bond donors (Lipinski definition) is 0. The highest BCUT2D eigenvalue weighted by Crippen LogP contribution is 2.34.